The molecule has 0 radical (unpaired) electrons. The summed E-state index contributed by atoms with van der Waals surface area (Å²) in [6.45, 7) is 2.01. The van der Waals surface area contributed by atoms with E-state index in [1.807, 2.05) is 24.3 Å². The van der Waals surface area contributed by atoms with Crippen molar-refractivity contribution in [2.75, 3.05) is 39.0 Å². The molecule has 7 nitrogen and oxygen atoms in total. The lowest BCUT2D eigenvalue weighted by molar-refractivity contribution is -0.117. The van der Waals surface area contributed by atoms with Crippen LogP contribution >= 0.6 is 0 Å². The number of rotatable bonds is 5. The van der Waals surface area contributed by atoms with Gasteiger partial charge >= 0.3 is 0 Å². The second kappa shape index (κ2) is 8.73. The maximum Gasteiger partial charge on any atom is 0.254 e. The Bertz CT molecular complexity index is 777. The first-order chi connectivity index (χ1) is 13.0. The minimum absolute atomic E-state index is 0.0505. The maximum atomic E-state index is 12.3. The molecule has 0 unspecified atom stereocenters. The Morgan fingerprint density at radius 1 is 1.22 bits per heavy atom. The second-order valence-corrected chi connectivity index (χ2v) is 7.01. The number of anilines is 1. The molecule has 0 aliphatic carbocycles. The molecule has 1 aliphatic heterocycles. The van der Waals surface area contributed by atoms with Gasteiger partial charge in [0.05, 0.1) is 12.1 Å². The fourth-order valence-electron chi connectivity index (χ4n) is 3.29. The number of nitrogens with zero attached hydrogens (tertiary/aromatic N) is 4. The molecule has 1 fully saturated rings. The lowest BCUT2D eigenvalue weighted by Crippen LogP contribution is -2.40. The van der Waals surface area contributed by atoms with Gasteiger partial charge in [-0.2, -0.15) is 0 Å². The molecule has 2 aromatic heterocycles. The fraction of sp³-hybridized carbons (Fsp3) is 0.400. The first-order valence-corrected chi connectivity index (χ1v) is 9.14. The molecule has 0 spiro atoms. The first-order valence-electron chi connectivity index (χ1n) is 9.14. The molecule has 27 heavy (non-hydrogen) atoms. The van der Waals surface area contributed by atoms with Gasteiger partial charge in [-0.05, 0) is 43.7 Å². The van der Waals surface area contributed by atoms with Crippen molar-refractivity contribution in [2.24, 2.45) is 0 Å². The number of pyridine rings is 2. The molecule has 3 rings (SSSR count). The number of aromatic nitrogens is 2. The molecular formula is C20H25N5O2. The van der Waals surface area contributed by atoms with Crippen molar-refractivity contribution in [1.29, 1.82) is 0 Å². The van der Waals surface area contributed by atoms with Crippen LogP contribution in [0, 0.1) is 0 Å². The third kappa shape index (κ3) is 5.10. The summed E-state index contributed by atoms with van der Waals surface area (Å²) in [5.41, 5.74) is 1.56. The monoisotopic (exact) mass is 367 g/mol. The number of piperidine rings is 1. The van der Waals surface area contributed by atoms with Crippen molar-refractivity contribution in [1.82, 2.24) is 19.8 Å². The summed E-state index contributed by atoms with van der Waals surface area (Å²) in [6, 6.07) is 9.19. The highest BCUT2D eigenvalue weighted by Crippen LogP contribution is 2.25. The van der Waals surface area contributed by atoms with Gasteiger partial charge in [0.2, 0.25) is 5.91 Å². The minimum Gasteiger partial charge on any atom is -0.345 e. The number of nitrogens with one attached hydrogen (secondary N) is 1. The number of hydrogen-bond donors (Lipinski definition) is 1. The van der Waals surface area contributed by atoms with Crippen molar-refractivity contribution < 1.29 is 9.59 Å². The number of carbonyl (C=O) groups is 2. The quantitative estimate of drug-likeness (QED) is 0.874. The Labute approximate surface area is 159 Å². The average molecular weight is 367 g/mol. The topological polar surface area (TPSA) is 78.4 Å². The molecule has 1 N–H and O–H groups in total. The van der Waals surface area contributed by atoms with Crippen molar-refractivity contribution in [2.45, 2.75) is 18.8 Å². The Morgan fingerprint density at radius 2 is 2.07 bits per heavy atom. The van der Waals surface area contributed by atoms with Crippen LogP contribution in [0.5, 0.6) is 0 Å². The van der Waals surface area contributed by atoms with E-state index in [1.165, 1.54) is 0 Å². The summed E-state index contributed by atoms with van der Waals surface area (Å²) in [7, 11) is 3.45. The predicted octanol–water partition coefficient (Wildman–Crippen LogP) is 2.00. The SMILES string of the molecule is CN(C)C(=O)c1ccc([C@@H]2CCCN(CC(=O)Nc3ccccn3)C2)nc1. The Balaban J connectivity index is 1.57. The van der Waals surface area contributed by atoms with Gasteiger partial charge in [0.1, 0.15) is 5.82 Å². The third-order valence-corrected chi connectivity index (χ3v) is 4.66. The van der Waals surface area contributed by atoms with Gasteiger partial charge in [-0.15, -0.1) is 0 Å². The largest absolute Gasteiger partial charge is 0.345 e. The lowest BCUT2D eigenvalue weighted by Gasteiger charge is -2.31. The van der Waals surface area contributed by atoms with Crippen LogP contribution in [0.25, 0.3) is 0 Å². The van der Waals surface area contributed by atoms with Crippen molar-refractivity contribution >= 4 is 17.6 Å². The van der Waals surface area contributed by atoms with Crippen molar-refractivity contribution in [3.05, 3.63) is 54.0 Å². The summed E-state index contributed by atoms with van der Waals surface area (Å²) in [5, 5.41) is 2.82. The average Bonchev–Trinajstić information content (AvgIpc) is 2.68. The standard InChI is InChI=1S/C20H25N5O2/c1-24(2)20(27)15-8-9-17(22-12-15)16-6-5-11-25(13-16)14-19(26)23-18-7-3-4-10-21-18/h3-4,7-10,12,16H,5-6,11,13-14H2,1-2H3,(H,21,23,26)/t16-/m1/s1. The van der Waals surface area contributed by atoms with Crippen LogP contribution < -0.4 is 5.32 Å². The van der Waals surface area contributed by atoms with Gasteiger partial charge in [0.15, 0.2) is 0 Å². The highest BCUT2D eigenvalue weighted by molar-refractivity contribution is 5.93. The molecule has 1 aliphatic rings. The molecule has 0 saturated carbocycles. The summed E-state index contributed by atoms with van der Waals surface area (Å²) in [4.78, 5) is 36.5. The highest BCUT2D eigenvalue weighted by atomic mass is 16.2. The zero-order valence-corrected chi connectivity index (χ0v) is 15.8. The van der Waals surface area contributed by atoms with E-state index in [-0.39, 0.29) is 17.7 Å². The van der Waals surface area contributed by atoms with Gasteiger partial charge in [-0.3, -0.25) is 19.5 Å². The zero-order chi connectivity index (χ0) is 19.2. The van der Waals surface area contributed by atoms with Crippen LogP contribution in [0.1, 0.15) is 34.8 Å². The molecule has 2 amide bonds. The van der Waals surface area contributed by atoms with Crippen LogP contribution in [0.15, 0.2) is 42.7 Å². The number of amides is 2. The van der Waals surface area contributed by atoms with Gasteiger partial charge < -0.3 is 10.2 Å². The van der Waals surface area contributed by atoms with E-state index >= 15 is 0 Å². The van der Waals surface area contributed by atoms with Crippen LogP contribution in [-0.4, -0.2) is 65.3 Å². The Morgan fingerprint density at radius 3 is 2.74 bits per heavy atom. The van der Waals surface area contributed by atoms with Gasteiger partial charge in [0, 0.05) is 44.6 Å². The normalized spacial score (nSPS) is 17.3. The molecule has 0 aromatic carbocycles. The van der Waals surface area contributed by atoms with Crippen molar-refractivity contribution in [3.63, 3.8) is 0 Å². The molecule has 142 valence electrons. The smallest absolute Gasteiger partial charge is 0.254 e. The highest BCUT2D eigenvalue weighted by Gasteiger charge is 2.24. The molecule has 1 atom stereocenters. The maximum absolute atomic E-state index is 12.3. The fourth-order valence-corrected chi connectivity index (χ4v) is 3.29. The van der Waals surface area contributed by atoms with Gasteiger partial charge in [-0.25, -0.2) is 4.98 Å². The lowest BCUT2D eigenvalue weighted by atomic mass is 9.94. The number of hydrogen-bond acceptors (Lipinski definition) is 5. The summed E-state index contributed by atoms with van der Waals surface area (Å²) >= 11 is 0. The van der Waals surface area contributed by atoms with E-state index in [9.17, 15) is 9.59 Å². The van der Waals surface area contributed by atoms with Gasteiger partial charge in [0.25, 0.3) is 5.91 Å². The molecule has 2 aromatic rings. The number of likely N-dealkylation sites (tertiary alicyclic amines) is 1. The third-order valence-electron chi connectivity index (χ3n) is 4.66. The zero-order valence-electron chi connectivity index (χ0n) is 15.8. The van der Waals surface area contributed by atoms with Crippen LogP contribution in [0.4, 0.5) is 5.82 Å². The Hall–Kier alpha value is -2.80. The van der Waals surface area contributed by atoms with E-state index in [0.29, 0.717) is 17.9 Å². The summed E-state index contributed by atoms with van der Waals surface area (Å²) < 4.78 is 0. The van der Waals surface area contributed by atoms with E-state index in [0.717, 1.165) is 31.6 Å². The molecule has 0 bridgehead atoms. The van der Waals surface area contributed by atoms with Crippen LogP contribution in [0.3, 0.4) is 0 Å². The van der Waals surface area contributed by atoms with Crippen LogP contribution in [0.2, 0.25) is 0 Å². The number of carbonyl (C=O) groups excluding carboxylic acids is 2. The van der Waals surface area contributed by atoms with E-state index in [2.05, 4.69) is 20.2 Å². The molecular weight excluding hydrogens is 342 g/mol. The second-order valence-electron chi connectivity index (χ2n) is 7.01. The first kappa shape index (κ1) is 19.0. The van der Waals surface area contributed by atoms with E-state index in [4.69, 9.17) is 0 Å². The Kier molecular flexibility index (Phi) is 6.13. The summed E-state index contributed by atoms with van der Waals surface area (Å²) in [6.07, 6.45) is 5.35. The summed E-state index contributed by atoms with van der Waals surface area (Å²) in [5.74, 6) is 0.725. The molecule has 7 heteroatoms. The van der Waals surface area contributed by atoms with E-state index < -0.39 is 0 Å². The van der Waals surface area contributed by atoms with Crippen molar-refractivity contribution in [3.8, 4) is 0 Å². The minimum atomic E-state index is -0.0609. The van der Waals surface area contributed by atoms with Crippen LogP contribution in [-0.2, 0) is 4.79 Å². The molecule has 3 heterocycles. The van der Waals surface area contributed by atoms with E-state index in [1.54, 1.807) is 37.5 Å². The van der Waals surface area contributed by atoms with Gasteiger partial charge in [-0.1, -0.05) is 6.07 Å². The predicted molar refractivity (Wildman–Crippen MR) is 104 cm³/mol. The molecule has 1 saturated heterocycles.